The summed E-state index contributed by atoms with van der Waals surface area (Å²) < 4.78 is 2.69. The summed E-state index contributed by atoms with van der Waals surface area (Å²) in [5, 5.41) is 10.00. The first kappa shape index (κ1) is 19.1. The topological polar surface area (TPSA) is 27.0 Å². The molecule has 128 valence electrons. The van der Waals surface area contributed by atoms with E-state index in [9.17, 15) is 5.26 Å². The minimum absolute atomic E-state index is 0.599. The summed E-state index contributed by atoms with van der Waals surface area (Å²) in [6, 6.07) is 8.57. The molecule has 5 heteroatoms. The van der Waals surface area contributed by atoms with Gasteiger partial charge in [-0.05, 0) is 30.6 Å². The number of hydrogen-bond donors (Lipinski definition) is 0. The number of rotatable bonds is 3. The molecule has 0 aliphatic carbocycles. The van der Waals surface area contributed by atoms with Crippen LogP contribution in [0.15, 0.2) is 12.1 Å². The minimum atomic E-state index is -1.53. The standard InChI is InChI=1S/C19H27ClN2Si2/c1-6-7-8-9-10-17-13-16(15-21)14-18(20)19(17)22-23(2,3)11-12-24(22,4)5/h13-14H,6-8,11-12H2,1-5H3. The fraction of sp³-hybridized carbons (Fsp3) is 0.526. The van der Waals surface area contributed by atoms with Gasteiger partial charge in [-0.2, -0.15) is 5.26 Å². The molecule has 1 saturated heterocycles. The van der Waals surface area contributed by atoms with Crippen molar-refractivity contribution < 1.29 is 0 Å². The molecule has 0 spiro atoms. The summed E-state index contributed by atoms with van der Waals surface area (Å²) in [6.45, 7) is 11.9. The Morgan fingerprint density at radius 1 is 1.17 bits per heavy atom. The molecule has 1 fully saturated rings. The van der Waals surface area contributed by atoms with Crippen molar-refractivity contribution in [3.63, 3.8) is 0 Å². The van der Waals surface area contributed by atoms with Crippen LogP contribution in [0.2, 0.25) is 43.3 Å². The predicted octanol–water partition coefficient (Wildman–Crippen LogP) is 5.98. The maximum atomic E-state index is 9.30. The number of unbranched alkanes of at least 4 members (excludes halogenated alkanes) is 2. The third-order valence-electron chi connectivity index (χ3n) is 4.85. The summed E-state index contributed by atoms with van der Waals surface area (Å²) in [5.41, 5.74) is 2.64. The molecular formula is C19H27ClN2Si2. The van der Waals surface area contributed by atoms with Crippen LogP contribution in [0.3, 0.4) is 0 Å². The van der Waals surface area contributed by atoms with Gasteiger partial charge in [-0.3, -0.25) is 0 Å². The third-order valence-corrected chi connectivity index (χ3v) is 15.1. The summed E-state index contributed by atoms with van der Waals surface area (Å²) in [4.78, 5) is 0. The Labute approximate surface area is 154 Å². The lowest BCUT2D eigenvalue weighted by Gasteiger charge is -2.42. The zero-order valence-corrected chi connectivity index (χ0v) is 18.2. The molecule has 1 aliphatic heterocycles. The van der Waals surface area contributed by atoms with Gasteiger partial charge >= 0.3 is 0 Å². The molecule has 1 aliphatic rings. The Kier molecular flexibility index (Phi) is 5.86. The average Bonchev–Trinajstić information content (AvgIpc) is 2.73. The van der Waals surface area contributed by atoms with Crippen LogP contribution in [-0.4, -0.2) is 16.5 Å². The maximum Gasteiger partial charge on any atom is 0.141 e. The SMILES string of the molecule is CCCCC#Cc1cc(C#N)cc(Cl)c1N1[Si](C)(C)CC[Si]1(C)C. The first-order chi connectivity index (χ1) is 11.2. The molecule has 1 aromatic carbocycles. The van der Waals surface area contributed by atoms with Gasteiger partial charge in [-0.15, -0.1) is 0 Å². The van der Waals surface area contributed by atoms with E-state index in [2.05, 4.69) is 55.3 Å². The van der Waals surface area contributed by atoms with E-state index < -0.39 is 16.5 Å². The number of benzene rings is 1. The first-order valence-electron chi connectivity index (χ1n) is 8.76. The van der Waals surface area contributed by atoms with E-state index in [1.54, 1.807) is 6.07 Å². The van der Waals surface area contributed by atoms with Gasteiger partial charge in [-0.1, -0.05) is 63.0 Å². The van der Waals surface area contributed by atoms with Gasteiger partial charge in [0.15, 0.2) is 0 Å². The summed E-state index contributed by atoms with van der Waals surface area (Å²) in [5.74, 6) is 6.62. The van der Waals surface area contributed by atoms with Crippen LogP contribution in [0.5, 0.6) is 0 Å². The van der Waals surface area contributed by atoms with E-state index in [1.165, 1.54) is 12.1 Å². The molecule has 0 saturated carbocycles. The van der Waals surface area contributed by atoms with Gasteiger partial charge in [0.2, 0.25) is 0 Å². The molecule has 0 unspecified atom stereocenters. The molecule has 24 heavy (non-hydrogen) atoms. The van der Waals surface area contributed by atoms with Crippen molar-refractivity contribution in [1.82, 2.24) is 0 Å². The fourth-order valence-electron chi connectivity index (χ4n) is 3.67. The zero-order chi connectivity index (χ0) is 18.0. The van der Waals surface area contributed by atoms with E-state index >= 15 is 0 Å². The van der Waals surface area contributed by atoms with Crippen molar-refractivity contribution in [3.05, 3.63) is 28.3 Å². The number of nitriles is 1. The van der Waals surface area contributed by atoms with Crippen molar-refractivity contribution in [2.45, 2.75) is 64.5 Å². The van der Waals surface area contributed by atoms with Crippen LogP contribution < -0.4 is 4.23 Å². The van der Waals surface area contributed by atoms with E-state index in [4.69, 9.17) is 11.6 Å². The van der Waals surface area contributed by atoms with Gasteiger partial charge in [0.25, 0.3) is 0 Å². The van der Waals surface area contributed by atoms with Gasteiger partial charge in [0.1, 0.15) is 16.5 Å². The van der Waals surface area contributed by atoms with Crippen molar-refractivity contribution >= 4 is 33.8 Å². The molecule has 1 heterocycles. The molecular weight excluding hydrogens is 348 g/mol. The van der Waals surface area contributed by atoms with Crippen LogP contribution >= 0.6 is 11.6 Å². The average molecular weight is 375 g/mol. The van der Waals surface area contributed by atoms with Crippen molar-refractivity contribution in [2.24, 2.45) is 0 Å². The van der Waals surface area contributed by atoms with E-state index in [0.29, 0.717) is 10.6 Å². The monoisotopic (exact) mass is 374 g/mol. The normalized spacial score (nSPS) is 18.0. The molecule has 2 rings (SSSR count). The second-order valence-corrected chi connectivity index (χ2v) is 17.8. The lowest BCUT2D eigenvalue weighted by atomic mass is 10.1. The van der Waals surface area contributed by atoms with E-state index in [1.807, 2.05) is 6.07 Å². The summed E-state index contributed by atoms with van der Waals surface area (Å²) in [6.07, 6.45) is 3.15. The van der Waals surface area contributed by atoms with E-state index in [-0.39, 0.29) is 0 Å². The van der Waals surface area contributed by atoms with Crippen LogP contribution in [0.4, 0.5) is 5.69 Å². The molecule has 0 amide bonds. The van der Waals surface area contributed by atoms with E-state index in [0.717, 1.165) is 30.5 Å². The van der Waals surface area contributed by atoms with Gasteiger partial charge < -0.3 is 4.23 Å². The Hall–Kier alpha value is -1.21. The zero-order valence-electron chi connectivity index (χ0n) is 15.5. The Morgan fingerprint density at radius 3 is 2.33 bits per heavy atom. The van der Waals surface area contributed by atoms with Crippen LogP contribution in [0.25, 0.3) is 0 Å². The molecule has 0 aromatic heterocycles. The molecule has 0 N–H and O–H groups in total. The van der Waals surface area contributed by atoms with Crippen LogP contribution in [0, 0.1) is 23.2 Å². The van der Waals surface area contributed by atoms with Gasteiger partial charge in [0.05, 0.1) is 22.3 Å². The molecule has 2 nitrogen and oxygen atoms in total. The Balaban J connectivity index is 2.59. The smallest absolute Gasteiger partial charge is 0.141 e. The van der Waals surface area contributed by atoms with Gasteiger partial charge in [0, 0.05) is 12.0 Å². The quantitative estimate of drug-likeness (QED) is 0.369. The minimum Gasteiger partial charge on any atom is -0.422 e. The van der Waals surface area contributed by atoms with Gasteiger partial charge in [-0.25, -0.2) is 0 Å². The number of hydrogen-bond acceptors (Lipinski definition) is 2. The van der Waals surface area contributed by atoms with Crippen LogP contribution in [0.1, 0.15) is 37.3 Å². The highest BCUT2D eigenvalue weighted by Gasteiger charge is 2.48. The predicted molar refractivity (Wildman–Crippen MR) is 110 cm³/mol. The molecule has 1 aromatic rings. The van der Waals surface area contributed by atoms with Crippen molar-refractivity contribution in [2.75, 3.05) is 4.23 Å². The third kappa shape index (κ3) is 3.88. The second kappa shape index (κ2) is 7.36. The fourth-order valence-corrected chi connectivity index (χ4v) is 18.4. The lowest BCUT2D eigenvalue weighted by Crippen LogP contribution is -2.55. The molecule has 0 radical (unpaired) electrons. The number of anilines is 1. The molecule has 0 bridgehead atoms. The largest absolute Gasteiger partial charge is 0.422 e. The highest BCUT2D eigenvalue weighted by atomic mass is 35.5. The number of halogens is 1. The highest BCUT2D eigenvalue weighted by molar-refractivity contribution is 7.04. The van der Waals surface area contributed by atoms with Crippen LogP contribution in [-0.2, 0) is 0 Å². The maximum absolute atomic E-state index is 9.30. The van der Waals surface area contributed by atoms with Crippen molar-refractivity contribution in [3.8, 4) is 17.9 Å². The lowest BCUT2D eigenvalue weighted by molar-refractivity contribution is 0.828. The highest BCUT2D eigenvalue weighted by Crippen LogP contribution is 2.45. The summed E-state index contributed by atoms with van der Waals surface area (Å²) in [7, 11) is -3.06. The molecule has 0 atom stereocenters. The number of nitrogens with zero attached hydrogens (tertiary/aromatic N) is 2. The first-order valence-corrected chi connectivity index (χ1v) is 15.4. The Bertz CT molecular complexity index is 707. The second-order valence-electron chi connectivity index (χ2n) is 7.83. The Morgan fingerprint density at radius 2 is 1.79 bits per heavy atom. The summed E-state index contributed by atoms with van der Waals surface area (Å²) >= 11 is 6.67. The van der Waals surface area contributed by atoms with Crippen molar-refractivity contribution in [1.29, 1.82) is 5.26 Å².